The van der Waals surface area contributed by atoms with Crippen LogP contribution in [0.2, 0.25) is 0 Å². The van der Waals surface area contributed by atoms with Crippen LogP contribution in [0.15, 0.2) is 0 Å². The van der Waals surface area contributed by atoms with Gasteiger partial charge in [-0.2, -0.15) is 0 Å². The summed E-state index contributed by atoms with van der Waals surface area (Å²) in [7, 11) is 0. The molecule has 0 radical (unpaired) electrons. The first-order valence-electron chi connectivity index (χ1n) is 9.14. The number of halogens is 3. The Morgan fingerprint density at radius 1 is 0.806 bits per heavy atom. The van der Waals surface area contributed by atoms with Gasteiger partial charge < -0.3 is 36.4 Å². The molecular formula is C18H24I3N3O7. The predicted molar refractivity (Wildman–Crippen MR) is 138 cm³/mol. The minimum atomic E-state index is -1.19. The van der Waals surface area contributed by atoms with Crippen LogP contribution < -0.4 is 16.0 Å². The van der Waals surface area contributed by atoms with Crippen molar-refractivity contribution in [3.8, 4) is 0 Å². The van der Waals surface area contributed by atoms with Gasteiger partial charge >= 0.3 is 0 Å². The Balaban J connectivity index is 3.30. The maximum atomic E-state index is 12.4. The molecule has 0 aliphatic rings. The summed E-state index contributed by atoms with van der Waals surface area (Å²) in [5.41, 5.74) is 1.60. The van der Waals surface area contributed by atoms with E-state index in [1.807, 2.05) is 67.8 Å². The molecule has 7 N–H and O–H groups in total. The van der Waals surface area contributed by atoms with Gasteiger partial charge in [-0.1, -0.05) is 0 Å². The number of hydrogen-bond acceptors (Lipinski definition) is 7. The van der Waals surface area contributed by atoms with Crippen LogP contribution in [0.4, 0.5) is 5.69 Å². The molecule has 0 aliphatic carbocycles. The summed E-state index contributed by atoms with van der Waals surface area (Å²) in [6.07, 6.45) is -2.64. The molecule has 0 fully saturated rings. The Hall–Kier alpha value is -0.340. The third-order valence-corrected chi connectivity index (χ3v) is 7.62. The van der Waals surface area contributed by atoms with Crippen molar-refractivity contribution >= 4 is 91.2 Å². The Bertz CT molecular complexity index is 768. The van der Waals surface area contributed by atoms with Crippen LogP contribution in [-0.2, 0) is 27.2 Å². The van der Waals surface area contributed by atoms with E-state index in [0.717, 1.165) is 0 Å². The minimum Gasteiger partial charge on any atom is -0.396 e. The molecule has 0 spiro atoms. The van der Waals surface area contributed by atoms with E-state index < -0.39 is 24.3 Å². The summed E-state index contributed by atoms with van der Waals surface area (Å²) in [6.45, 7) is 0.779. The number of rotatable bonds is 11. The van der Waals surface area contributed by atoms with E-state index in [1.54, 1.807) is 0 Å². The third kappa shape index (κ3) is 9.20. The molecular weight excluding hydrogens is 751 g/mol. The zero-order valence-corrected chi connectivity index (χ0v) is 23.0. The normalized spacial score (nSPS) is 12.8. The fourth-order valence-corrected chi connectivity index (χ4v) is 6.75. The van der Waals surface area contributed by atoms with Gasteiger partial charge in [-0.05, 0) is 78.9 Å². The average molecular weight is 775 g/mol. The minimum absolute atomic E-state index is 0.00859. The van der Waals surface area contributed by atoms with Gasteiger partial charge in [-0.25, -0.2) is 0 Å². The summed E-state index contributed by atoms with van der Waals surface area (Å²) >= 11 is 6.05. The van der Waals surface area contributed by atoms with E-state index in [1.165, 1.54) is 6.92 Å². The van der Waals surface area contributed by atoms with Gasteiger partial charge in [-0.15, -0.1) is 0 Å². The van der Waals surface area contributed by atoms with E-state index in [-0.39, 0.29) is 44.8 Å². The Labute approximate surface area is 220 Å². The van der Waals surface area contributed by atoms with Crippen molar-refractivity contribution in [2.24, 2.45) is 0 Å². The lowest BCUT2D eigenvalue weighted by Gasteiger charge is -2.20. The molecule has 1 aromatic carbocycles. The standard InChI is InChI=1S/C18H24I3N3O7/c1-8(27)22-18-16(20)9(6-13(30)23-11(28)2-4-25)15(19)10(17(18)21)7-14(31)24-12(29)3-5-26/h11-12,25-26,28-29H,2-7H2,1H3,(H,22,27)(H,23,30)(H,24,31). The van der Waals surface area contributed by atoms with E-state index in [9.17, 15) is 24.6 Å². The number of nitrogens with one attached hydrogen (secondary N) is 3. The first-order valence-corrected chi connectivity index (χ1v) is 12.4. The summed E-state index contributed by atoms with van der Waals surface area (Å²) in [4.78, 5) is 36.5. The lowest BCUT2D eigenvalue weighted by molar-refractivity contribution is -0.124. The predicted octanol–water partition coefficient (Wildman–Crippen LogP) is 0.178. The Kier molecular flexibility index (Phi) is 13.0. The van der Waals surface area contributed by atoms with Gasteiger partial charge in [0.2, 0.25) is 17.7 Å². The third-order valence-electron chi connectivity index (χ3n) is 3.93. The molecule has 0 heterocycles. The van der Waals surface area contributed by atoms with Crippen LogP contribution in [0.3, 0.4) is 0 Å². The maximum absolute atomic E-state index is 12.4. The SMILES string of the molecule is CC(=O)Nc1c(I)c(CC(=O)NC(O)CCO)c(I)c(CC(=O)NC(O)CCO)c1I. The fourth-order valence-electron chi connectivity index (χ4n) is 2.55. The average Bonchev–Trinajstić information content (AvgIpc) is 2.66. The van der Waals surface area contributed by atoms with Crippen LogP contribution in [0.25, 0.3) is 0 Å². The highest BCUT2D eigenvalue weighted by atomic mass is 127. The summed E-state index contributed by atoms with van der Waals surface area (Å²) in [5, 5.41) is 44.7. The first-order chi connectivity index (χ1) is 14.5. The van der Waals surface area contributed by atoms with Crippen molar-refractivity contribution in [3.05, 3.63) is 21.8 Å². The van der Waals surface area contributed by atoms with Crippen molar-refractivity contribution in [2.75, 3.05) is 18.5 Å². The molecule has 2 atom stereocenters. The van der Waals surface area contributed by atoms with E-state index in [0.29, 0.717) is 27.5 Å². The van der Waals surface area contributed by atoms with Crippen LogP contribution in [0.1, 0.15) is 30.9 Å². The number of aliphatic hydroxyl groups is 4. The molecule has 174 valence electrons. The van der Waals surface area contributed by atoms with E-state index in [2.05, 4.69) is 16.0 Å². The van der Waals surface area contributed by atoms with Gasteiger partial charge in [0.25, 0.3) is 0 Å². The van der Waals surface area contributed by atoms with E-state index >= 15 is 0 Å². The molecule has 1 aromatic rings. The maximum Gasteiger partial charge on any atom is 0.226 e. The first kappa shape index (κ1) is 28.7. The second-order valence-corrected chi connectivity index (χ2v) is 9.74. The number of amides is 3. The molecule has 31 heavy (non-hydrogen) atoms. The monoisotopic (exact) mass is 775 g/mol. The van der Waals surface area contributed by atoms with Gasteiger partial charge in [0.1, 0.15) is 12.5 Å². The molecule has 3 amide bonds. The highest BCUT2D eigenvalue weighted by Gasteiger charge is 2.24. The molecule has 10 nitrogen and oxygen atoms in total. The second-order valence-electron chi connectivity index (χ2n) is 6.50. The smallest absolute Gasteiger partial charge is 0.226 e. The van der Waals surface area contributed by atoms with E-state index in [4.69, 9.17) is 10.2 Å². The summed E-state index contributed by atoms with van der Waals surface area (Å²) in [6, 6.07) is 0. The van der Waals surface area contributed by atoms with Gasteiger partial charge in [-0.3, -0.25) is 14.4 Å². The molecule has 0 bridgehead atoms. The zero-order valence-electron chi connectivity index (χ0n) is 16.5. The number of anilines is 1. The molecule has 0 aromatic heterocycles. The van der Waals surface area contributed by atoms with Gasteiger partial charge in [0, 0.05) is 43.7 Å². The summed E-state index contributed by atoms with van der Waals surface area (Å²) in [5.74, 6) is -1.29. The molecule has 1 rings (SSSR count). The fraction of sp³-hybridized carbons (Fsp3) is 0.500. The quantitative estimate of drug-likeness (QED) is 0.124. The lowest BCUT2D eigenvalue weighted by Crippen LogP contribution is -2.37. The second kappa shape index (κ2) is 14.0. The van der Waals surface area contributed by atoms with Crippen LogP contribution in [-0.4, -0.2) is 63.8 Å². The van der Waals surface area contributed by atoms with Gasteiger partial charge in [0.05, 0.1) is 18.5 Å². The lowest BCUT2D eigenvalue weighted by atomic mass is 10.0. The molecule has 0 aliphatic heterocycles. The topological polar surface area (TPSA) is 168 Å². The largest absolute Gasteiger partial charge is 0.396 e. The highest BCUT2D eigenvalue weighted by molar-refractivity contribution is 14.1. The molecule has 0 saturated carbocycles. The van der Waals surface area contributed by atoms with Crippen LogP contribution >= 0.6 is 67.8 Å². The molecule has 2 unspecified atom stereocenters. The zero-order chi connectivity index (χ0) is 23.7. The van der Waals surface area contributed by atoms with Crippen molar-refractivity contribution in [1.29, 1.82) is 0 Å². The number of carbonyl (C=O) groups is 3. The highest BCUT2D eigenvalue weighted by Crippen LogP contribution is 2.36. The van der Waals surface area contributed by atoms with Gasteiger partial charge in [0.15, 0.2) is 0 Å². The summed E-state index contributed by atoms with van der Waals surface area (Å²) < 4.78 is 1.88. The van der Waals surface area contributed by atoms with Crippen molar-refractivity contribution in [1.82, 2.24) is 10.6 Å². The number of aliphatic hydroxyl groups excluding tert-OH is 4. The number of carbonyl (C=O) groups excluding carboxylic acids is 3. The Morgan fingerprint density at radius 2 is 1.19 bits per heavy atom. The van der Waals surface area contributed by atoms with Crippen LogP contribution in [0, 0.1) is 10.7 Å². The number of hydrogen-bond donors (Lipinski definition) is 7. The van der Waals surface area contributed by atoms with Crippen LogP contribution in [0.5, 0.6) is 0 Å². The van der Waals surface area contributed by atoms with Crippen molar-refractivity contribution in [2.45, 2.75) is 45.1 Å². The Morgan fingerprint density at radius 3 is 1.52 bits per heavy atom. The molecule has 13 heteroatoms. The van der Waals surface area contributed by atoms with Crippen molar-refractivity contribution in [3.63, 3.8) is 0 Å². The molecule has 0 saturated heterocycles. The number of benzene rings is 1. The van der Waals surface area contributed by atoms with Crippen molar-refractivity contribution < 1.29 is 34.8 Å².